The summed E-state index contributed by atoms with van der Waals surface area (Å²) in [6.45, 7) is 10.3. The Labute approximate surface area is 167 Å². The second-order valence-corrected chi connectivity index (χ2v) is 7.40. The molecule has 1 aliphatic rings. The summed E-state index contributed by atoms with van der Waals surface area (Å²) in [5.41, 5.74) is 2.88. The first-order valence-electron chi connectivity index (χ1n) is 10.1. The van der Waals surface area contributed by atoms with Gasteiger partial charge in [0.15, 0.2) is 5.69 Å². The van der Waals surface area contributed by atoms with Crippen molar-refractivity contribution >= 4 is 5.91 Å². The maximum atomic E-state index is 12.5. The van der Waals surface area contributed by atoms with Crippen molar-refractivity contribution in [3.63, 3.8) is 0 Å². The lowest BCUT2D eigenvalue weighted by atomic mass is 10.0. The van der Waals surface area contributed by atoms with E-state index in [1.54, 1.807) is 12.0 Å². The average Bonchev–Trinajstić information content (AvgIpc) is 3.19. The summed E-state index contributed by atoms with van der Waals surface area (Å²) in [6.07, 6.45) is 3.98. The van der Waals surface area contributed by atoms with Crippen LogP contribution in [0.1, 0.15) is 54.3 Å². The van der Waals surface area contributed by atoms with Gasteiger partial charge in [-0.1, -0.05) is 17.3 Å². The number of rotatable bonds is 7. The molecule has 1 atom stereocenters. The molecule has 0 unspecified atom stereocenters. The summed E-state index contributed by atoms with van der Waals surface area (Å²) in [7, 11) is 1.70. The van der Waals surface area contributed by atoms with E-state index in [-0.39, 0.29) is 11.9 Å². The summed E-state index contributed by atoms with van der Waals surface area (Å²) in [6, 6.07) is 6.61. The number of piperidine rings is 1. The monoisotopic (exact) mass is 385 g/mol. The normalized spacial score (nSPS) is 17.5. The van der Waals surface area contributed by atoms with Crippen LogP contribution in [-0.4, -0.2) is 64.0 Å². The van der Waals surface area contributed by atoms with E-state index in [1.807, 2.05) is 30.8 Å². The minimum Gasteiger partial charge on any atom is -0.496 e. The number of carbonyl (C=O) groups excluding carboxylic acids is 1. The van der Waals surface area contributed by atoms with Crippen molar-refractivity contribution in [3.8, 4) is 5.75 Å². The number of benzene rings is 1. The molecule has 7 heteroatoms. The van der Waals surface area contributed by atoms with E-state index in [4.69, 9.17) is 4.74 Å². The van der Waals surface area contributed by atoms with Gasteiger partial charge in [-0.05, 0) is 57.4 Å². The third-order valence-electron chi connectivity index (χ3n) is 5.50. The van der Waals surface area contributed by atoms with Gasteiger partial charge in [-0.3, -0.25) is 9.69 Å². The van der Waals surface area contributed by atoms with Crippen molar-refractivity contribution in [1.82, 2.24) is 24.8 Å². The van der Waals surface area contributed by atoms with Crippen molar-refractivity contribution in [2.75, 3.05) is 33.3 Å². The summed E-state index contributed by atoms with van der Waals surface area (Å²) in [4.78, 5) is 16.7. The molecule has 0 N–H and O–H groups in total. The maximum Gasteiger partial charge on any atom is 0.276 e. The number of carbonyl (C=O) groups is 1. The molecule has 1 aromatic carbocycles. The number of ether oxygens (including phenoxy) is 1. The number of nitrogens with zero attached hydrogens (tertiary/aromatic N) is 5. The van der Waals surface area contributed by atoms with Crippen LogP contribution < -0.4 is 4.74 Å². The zero-order valence-electron chi connectivity index (χ0n) is 17.4. The van der Waals surface area contributed by atoms with Gasteiger partial charge in [0.1, 0.15) is 5.75 Å². The lowest BCUT2D eigenvalue weighted by Gasteiger charge is -2.32. The molecule has 1 fully saturated rings. The molecule has 152 valence electrons. The van der Waals surface area contributed by atoms with Crippen LogP contribution in [0.15, 0.2) is 24.4 Å². The third kappa shape index (κ3) is 4.52. The quantitative estimate of drug-likeness (QED) is 0.733. The van der Waals surface area contributed by atoms with Crippen LogP contribution in [0.5, 0.6) is 5.75 Å². The zero-order valence-corrected chi connectivity index (χ0v) is 17.4. The minimum absolute atomic E-state index is 0.0439. The Morgan fingerprint density at radius 2 is 2.11 bits per heavy atom. The van der Waals surface area contributed by atoms with Crippen LogP contribution in [0.4, 0.5) is 0 Å². The second-order valence-electron chi connectivity index (χ2n) is 7.40. The molecule has 7 nitrogen and oxygen atoms in total. The van der Waals surface area contributed by atoms with E-state index in [2.05, 4.69) is 34.3 Å². The Morgan fingerprint density at radius 3 is 2.79 bits per heavy atom. The van der Waals surface area contributed by atoms with E-state index in [0.29, 0.717) is 18.8 Å². The molecule has 28 heavy (non-hydrogen) atoms. The third-order valence-corrected chi connectivity index (χ3v) is 5.50. The van der Waals surface area contributed by atoms with Gasteiger partial charge in [0.05, 0.1) is 19.3 Å². The standard InChI is InChI=1S/C21H31N5O2/c1-5-25(6-2)21(27)19-15-26(23-22-19)18-8-7-11-24(14-18)13-17-9-10-20(28-4)16(3)12-17/h9-10,12,15,18H,5-8,11,13-14H2,1-4H3/t18-/m1/s1. The summed E-state index contributed by atoms with van der Waals surface area (Å²) in [5.74, 6) is 0.880. The van der Waals surface area contributed by atoms with E-state index >= 15 is 0 Å². The van der Waals surface area contributed by atoms with Crippen molar-refractivity contribution in [3.05, 3.63) is 41.2 Å². The van der Waals surface area contributed by atoms with Gasteiger partial charge in [-0.15, -0.1) is 5.10 Å². The molecule has 2 aromatic rings. The molecular weight excluding hydrogens is 354 g/mol. The largest absolute Gasteiger partial charge is 0.496 e. The molecule has 1 aliphatic heterocycles. The highest BCUT2D eigenvalue weighted by atomic mass is 16.5. The van der Waals surface area contributed by atoms with Gasteiger partial charge >= 0.3 is 0 Å². The Kier molecular flexibility index (Phi) is 6.67. The van der Waals surface area contributed by atoms with Crippen LogP contribution in [0.2, 0.25) is 0 Å². The number of methoxy groups -OCH3 is 1. The number of aromatic nitrogens is 3. The van der Waals surface area contributed by atoms with Gasteiger partial charge < -0.3 is 9.64 Å². The SMILES string of the molecule is CCN(CC)C(=O)c1cn([C@@H]2CCCN(Cc3ccc(OC)c(C)c3)C2)nn1. The Hall–Kier alpha value is -2.41. The molecule has 0 bridgehead atoms. The van der Waals surface area contributed by atoms with E-state index in [9.17, 15) is 4.79 Å². The van der Waals surface area contributed by atoms with Crippen LogP contribution >= 0.6 is 0 Å². The summed E-state index contributed by atoms with van der Waals surface area (Å²) in [5, 5.41) is 8.40. The predicted octanol–water partition coefficient (Wildman–Crippen LogP) is 2.91. The topological polar surface area (TPSA) is 63.5 Å². The Morgan fingerprint density at radius 1 is 1.32 bits per heavy atom. The summed E-state index contributed by atoms with van der Waals surface area (Å²) < 4.78 is 7.23. The van der Waals surface area contributed by atoms with E-state index in [1.165, 1.54) is 5.56 Å². The second kappa shape index (κ2) is 9.19. The van der Waals surface area contributed by atoms with E-state index in [0.717, 1.165) is 43.8 Å². The molecule has 1 saturated heterocycles. The Balaban J connectivity index is 1.65. The fraction of sp³-hybridized carbons (Fsp3) is 0.571. The zero-order chi connectivity index (χ0) is 20.1. The van der Waals surface area contributed by atoms with Crippen LogP contribution in [0.3, 0.4) is 0 Å². The van der Waals surface area contributed by atoms with Crippen LogP contribution in [0, 0.1) is 6.92 Å². The number of amides is 1. The summed E-state index contributed by atoms with van der Waals surface area (Å²) >= 11 is 0. The first-order chi connectivity index (χ1) is 13.5. The van der Waals surface area contributed by atoms with Gasteiger partial charge in [-0.25, -0.2) is 4.68 Å². The van der Waals surface area contributed by atoms with Gasteiger partial charge in [0, 0.05) is 26.2 Å². The molecule has 0 spiro atoms. The number of hydrogen-bond acceptors (Lipinski definition) is 5. The lowest BCUT2D eigenvalue weighted by Crippen LogP contribution is -2.36. The van der Waals surface area contributed by atoms with Crippen molar-refractivity contribution in [2.45, 2.75) is 46.2 Å². The predicted molar refractivity (Wildman–Crippen MR) is 109 cm³/mol. The maximum absolute atomic E-state index is 12.5. The first-order valence-corrected chi connectivity index (χ1v) is 10.1. The lowest BCUT2D eigenvalue weighted by molar-refractivity contribution is 0.0767. The average molecular weight is 386 g/mol. The molecule has 0 radical (unpaired) electrons. The first kappa shape index (κ1) is 20.3. The van der Waals surface area contributed by atoms with Gasteiger partial charge in [0.2, 0.25) is 0 Å². The fourth-order valence-corrected chi connectivity index (χ4v) is 3.91. The van der Waals surface area contributed by atoms with Gasteiger partial charge in [0.25, 0.3) is 5.91 Å². The number of hydrogen-bond donors (Lipinski definition) is 0. The number of likely N-dealkylation sites (tertiary alicyclic amines) is 1. The minimum atomic E-state index is -0.0439. The fourth-order valence-electron chi connectivity index (χ4n) is 3.91. The molecular formula is C21H31N5O2. The van der Waals surface area contributed by atoms with Gasteiger partial charge in [-0.2, -0.15) is 0 Å². The van der Waals surface area contributed by atoms with Crippen molar-refractivity contribution < 1.29 is 9.53 Å². The highest BCUT2D eigenvalue weighted by Crippen LogP contribution is 2.24. The Bertz CT molecular complexity index is 800. The van der Waals surface area contributed by atoms with Crippen molar-refractivity contribution in [1.29, 1.82) is 0 Å². The van der Waals surface area contributed by atoms with E-state index < -0.39 is 0 Å². The molecule has 0 aliphatic carbocycles. The molecule has 1 aromatic heterocycles. The highest BCUT2D eigenvalue weighted by Gasteiger charge is 2.24. The number of aryl methyl sites for hydroxylation is 1. The highest BCUT2D eigenvalue weighted by molar-refractivity contribution is 5.91. The molecule has 3 rings (SSSR count). The van der Waals surface area contributed by atoms with Crippen LogP contribution in [0.25, 0.3) is 0 Å². The molecule has 2 heterocycles. The van der Waals surface area contributed by atoms with Crippen molar-refractivity contribution in [2.24, 2.45) is 0 Å². The molecule has 1 amide bonds. The van der Waals surface area contributed by atoms with Crippen LogP contribution in [-0.2, 0) is 6.54 Å². The molecule has 0 saturated carbocycles. The smallest absolute Gasteiger partial charge is 0.276 e.